The summed E-state index contributed by atoms with van der Waals surface area (Å²) in [4.78, 5) is 0. The van der Waals surface area contributed by atoms with E-state index in [1.54, 1.807) is 0 Å². The number of hydrogen-bond acceptors (Lipinski definition) is 2. The van der Waals surface area contributed by atoms with Crippen molar-refractivity contribution in [3.8, 4) is 23.1 Å². The second-order valence-corrected chi connectivity index (χ2v) is 6.81. The van der Waals surface area contributed by atoms with E-state index in [9.17, 15) is 5.26 Å². The highest BCUT2D eigenvalue weighted by Crippen LogP contribution is 2.35. The molecule has 4 rings (SSSR count). The molecular weight excluding hydrogens is 344 g/mol. The Morgan fingerprint density at radius 1 is 0.929 bits per heavy atom. The zero-order chi connectivity index (χ0) is 19.3. The fraction of sp³-hybridized carbons (Fsp3) is 0.160. The lowest BCUT2D eigenvalue weighted by atomic mass is 10.1. The number of aromatic nitrogens is 1. The van der Waals surface area contributed by atoms with E-state index in [0.29, 0.717) is 12.2 Å². The van der Waals surface area contributed by atoms with E-state index < -0.39 is 0 Å². The first-order valence-electron chi connectivity index (χ1n) is 9.60. The Morgan fingerprint density at radius 3 is 2.32 bits per heavy atom. The van der Waals surface area contributed by atoms with Crippen molar-refractivity contribution in [2.75, 3.05) is 0 Å². The molecular formula is C25H22N2O. The molecule has 3 heteroatoms. The summed E-state index contributed by atoms with van der Waals surface area (Å²) in [6.45, 7) is 3.53. The van der Waals surface area contributed by atoms with Crippen LogP contribution in [0.25, 0.3) is 22.2 Å². The molecule has 1 heterocycles. The van der Waals surface area contributed by atoms with Crippen molar-refractivity contribution in [1.82, 2.24) is 4.57 Å². The molecule has 0 bridgehead atoms. The Balaban J connectivity index is 1.79. The molecule has 0 spiro atoms. The van der Waals surface area contributed by atoms with Gasteiger partial charge in [-0.15, -0.1) is 0 Å². The Labute approximate surface area is 165 Å². The summed E-state index contributed by atoms with van der Waals surface area (Å²) in [5.74, 6) is 0.779. The normalized spacial score (nSPS) is 10.7. The average molecular weight is 366 g/mol. The first kappa shape index (κ1) is 17.9. The number of benzene rings is 3. The van der Waals surface area contributed by atoms with Gasteiger partial charge in [-0.3, -0.25) is 0 Å². The van der Waals surface area contributed by atoms with E-state index in [-0.39, 0.29) is 0 Å². The van der Waals surface area contributed by atoms with Crippen molar-refractivity contribution in [1.29, 1.82) is 5.26 Å². The van der Waals surface area contributed by atoms with Gasteiger partial charge in [0, 0.05) is 11.9 Å². The van der Waals surface area contributed by atoms with E-state index >= 15 is 0 Å². The highest BCUT2D eigenvalue weighted by atomic mass is 16.5. The molecule has 0 unspecified atom stereocenters. The lowest BCUT2D eigenvalue weighted by Crippen LogP contribution is -1.99. The molecule has 28 heavy (non-hydrogen) atoms. The second kappa shape index (κ2) is 8.02. The molecule has 0 saturated heterocycles. The van der Waals surface area contributed by atoms with Gasteiger partial charge in [0.1, 0.15) is 18.4 Å². The van der Waals surface area contributed by atoms with Crippen molar-refractivity contribution in [3.63, 3.8) is 0 Å². The molecule has 0 aliphatic carbocycles. The van der Waals surface area contributed by atoms with Crippen LogP contribution in [0.3, 0.4) is 0 Å². The first-order chi connectivity index (χ1) is 13.8. The van der Waals surface area contributed by atoms with Gasteiger partial charge in [0.25, 0.3) is 0 Å². The summed E-state index contributed by atoms with van der Waals surface area (Å²) in [6.07, 6.45) is 1.00. The maximum absolute atomic E-state index is 9.95. The van der Waals surface area contributed by atoms with Crippen molar-refractivity contribution < 1.29 is 4.74 Å². The minimum Gasteiger partial charge on any atom is -0.489 e. The zero-order valence-corrected chi connectivity index (χ0v) is 15.9. The van der Waals surface area contributed by atoms with Gasteiger partial charge >= 0.3 is 0 Å². The van der Waals surface area contributed by atoms with Crippen molar-refractivity contribution in [3.05, 3.63) is 90.0 Å². The van der Waals surface area contributed by atoms with Crippen molar-refractivity contribution >= 4 is 10.9 Å². The third-order valence-electron chi connectivity index (χ3n) is 4.89. The van der Waals surface area contributed by atoms with Crippen LogP contribution in [-0.4, -0.2) is 4.57 Å². The standard InChI is InChI=1S/C25H22N2O/c1-2-15-27-24-14-13-21(28-18-19-9-5-3-6-10-19)16-22(24)23(17-26)25(27)20-11-7-4-8-12-20/h3-14,16H,2,15,18H2,1H3. The van der Waals surface area contributed by atoms with Crippen LogP contribution in [0.1, 0.15) is 24.5 Å². The van der Waals surface area contributed by atoms with Gasteiger partial charge < -0.3 is 9.30 Å². The van der Waals surface area contributed by atoms with Crippen LogP contribution in [0.5, 0.6) is 5.75 Å². The molecule has 3 aromatic carbocycles. The van der Waals surface area contributed by atoms with E-state index in [1.807, 2.05) is 60.7 Å². The summed E-state index contributed by atoms with van der Waals surface area (Å²) in [5.41, 5.74) is 4.95. The van der Waals surface area contributed by atoms with Crippen molar-refractivity contribution in [2.24, 2.45) is 0 Å². The molecule has 1 aromatic heterocycles. The predicted molar refractivity (Wildman–Crippen MR) is 113 cm³/mol. The number of nitrogens with zero attached hydrogens (tertiary/aromatic N) is 2. The number of hydrogen-bond donors (Lipinski definition) is 0. The topological polar surface area (TPSA) is 38.0 Å². The van der Waals surface area contributed by atoms with Crippen LogP contribution in [0.2, 0.25) is 0 Å². The highest BCUT2D eigenvalue weighted by molar-refractivity contribution is 5.95. The van der Waals surface area contributed by atoms with Gasteiger partial charge in [-0.2, -0.15) is 5.26 Å². The molecule has 138 valence electrons. The van der Waals surface area contributed by atoms with Crippen LogP contribution in [0.4, 0.5) is 0 Å². The number of aryl methyl sites for hydroxylation is 1. The monoisotopic (exact) mass is 366 g/mol. The summed E-state index contributed by atoms with van der Waals surface area (Å²) in [5, 5.41) is 10.9. The Morgan fingerprint density at radius 2 is 1.64 bits per heavy atom. The minimum absolute atomic E-state index is 0.509. The van der Waals surface area contributed by atoms with E-state index in [1.165, 1.54) is 0 Å². The lowest BCUT2D eigenvalue weighted by Gasteiger charge is -2.10. The van der Waals surface area contributed by atoms with E-state index in [2.05, 4.69) is 35.8 Å². The van der Waals surface area contributed by atoms with Crippen LogP contribution < -0.4 is 4.74 Å². The molecule has 0 radical (unpaired) electrons. The quantitative estimate of drug-likeness (QED) is 0.409. The Bertz CT molecular complexity index is 1120. The number of rotatable bonds is 6. The molecule has 3 nitrogen and oxygen atoms in total. The molecule has 0 aliphatic rings. The molecule has 0 fully saturated rings. The largest absolute Gasteiger partial charge is 0.489 e. The minimum atomic E-state index is 0.509. The van der Waals surface area contributed by atoms with Crippen LogP contribution in [-0.2, 0) is 13.2 Å². The summed E-state index contributed by atoms with van der Waals surface area (Å²) in [6, 6.07) is 28.7. The maximum atomic E-state index is 9.95. The smallest absolute Gasteiger partial charge is 0.120 e. The molecule has 4 aromatic rings. The van der Waals surface area contributed by atoms with Gasteiger partial charge in [-0.25, -0.2) is 0 Å². The van der Waals surface area contributed by atoms with Crippen LogP contribution in [0, 0.1) is 11.3 Å². The van der Waals surface area contributed by atoms with Gasteiger partial charge in [0.05, 0.1) is 16.8 Å². The third-order valence-corrected chi connectivity index (χ3v) is 4.89. The summed E-state index contributed by atoms with van der Waals surface area (Å²) in [7, 11) is 0. The fourth-order valence-corrected chi connectivity index (χ4v) is 3.63. The fourth-order valence-electron chi connectivity index (χ4n) is 3.63. The Kier molecular flexibility index (Phi) is 5.12. The zero-order valence-electron chi connectivity index (χ0n) is 15.9. The van der Waals surface area contributed by atoms with E-state index in [0.717, 1.165) is 46.4 Å². The first-order valence-corrected chi connectivity index (χ1v) is 9.60. The summed E-state index contributed by atoms with van der Waals surface area (Å²) >= 11 is 0. The van der Waals surface area contributed by atoms with Crippen molar-refractivity contribution in [2.45, 2.75) is 26.5 Å². The Hall–Kier alpha value is -3.51. The molecule has 0 saturated carbocycles. The van der Waals surface area contributed by atoms with Gasteiger partial charge in [-0.05, 0) is 35.7 Å². The molecule has 0 aliphatic heterocycles. The SMILES string of the molecule is CCCn1c(-c2ccccc2)c(C#N)c2cc(OCc3ccccc3)ccc21. The van der Waals surface area contributed by atoms with Crippen LogP contribution >= 0.6 is 0 Å². The molecule has 0 amide bonds. The molecule has 0 N–H and O–H groups in total. The summed E-state index contributed by atoms with van der Waals surface area (Å²) < 4.78 is 8.25. The molecule has 0 atom stereocenters. The van der Waals surface area contributed by atoms with Gasteiger partial charge in [0.2, 0.25) is 0 Å². The highest BCUT2D eigenvalue weighted by Gasteiger charge is 2.18. The predicted octanol–water partition coefficient (Wildman–Crippen LogP) is 6.17. The average Bonchev–Trinajstić information content (AvgIpc) is 3.06. The maximum Gasteiger partial charge on any atom is 0.120 e. The van der Waals surface area contributed by atoms with Gasteiger partial charge in [-0.1, -0.05) is 67.6 Å². The number of fused-ring (bicyclic) bond motifs is 1. The lowest BCUT2D eigenvalue weighted by molar-refractivity contribution is 0.306. The second-order valence-electron chi connectivity index (χ2n) is 6.81. The third kappa shape index (κ3) is 3.37. The van der Waals surface area contributed by atoms with E-state index in [4.69, 9.17) is 4.74 Å². The number of nitriles is 1. The van der Waals surface area contributed by atoms with Gasteiger partial charge in [0.15, 0.2) is 0 Å². The number of ether oxygens (including phenoxy) is 1. The van der Waals surface area contributed by atoms with Crippen LogP contribution in [0.15, 0.2) is 78.9 Å².